The Morgan fingerprint density at radius 3 is 2.75 bits per heavy atom. The lowest BCUT2D eigenvalue weighted by Crippen LogP contribution is -2.41. The maximum Gasteiger partial charge on any atom is 0.241 e. The van der Waals surface area contributed by atoms with Gasteiger partial charge in [0.25, 0.3) is 0 Å². The van der Waals surface area contributed by atoms with E-state index in [4.69, 9.17) is 4.74 Å². The molecule has 0 aliphatic carbocycles. The summed E-state index contributed by atoms with van der Waals surface area (Å²) in [6.45, 7) is 8.71. The third-order valence-electron chi connectivity index (χ3n) is 4.00. The number of rotatable bonds is 3. The molecule has 0 radical (unpaired) electrons. The van der Waals surface area contributed by atoms with Crippen molar-refractivity contribution in [3.05, 3.63) is 18.1 Å². The number of aromatic nitrogens is 3. The first-order chi connectivity index (χ1) is 9.63. The molecule has 0 aromatic carbocycles. The predicted octanol–water partition coefficient (Wildman–Crippen LogP) is 2.52. The van der Waals surface area contributed by atoms with E-state index in [9.17, 15) is 0 Å². The van der Waals surface area contributed by atoms with Crippen LogP contribution in [0.5, 0.6) is 5.88 Å². The second-order valence-electron chi connectivity index (χ2n) is 5.84. The Balaban J connectivity index is 1.71. The summed E-state index contributed by atoms with van der Waals surface area (Å²) >= 11 is 0. The highest BCUT2D eigenvalue weighted by Crippen LogP contribution is 2.24. The lowest BCUT2D eigenvalue weighted by molar-refractivity contribution is 0.0822. The Labute approximate surface area is 119 Å². The second kappa shape index (κ2) is 5.40. The quantitative estimate of drug-likeness (QED) is 0.934. The molecule has 20 heavy (non-hydrogen) atoms. The van der Waals surface area contributed by atoms with Crippen molar-refractivity contribution in [1.29, 1.82) is 0 Å². The molecule has 1 N–H and O–H groups in total. The van der Waals surface area contributed by atoms with E-state index in [1.54, 1.807) is 6.33 Å². The van der Waals surface area contributed by atoms with Gasteiger partial charge < -0.3 is 14.6 Å². The smallest absolute Gasteiger partial charge is 0.241 e. The number of nitrogens with zero attached hydrogens (tertiary/aromatic N) is 3. The monoisotopic (exact) mass is 274 g/mol. The van der Waals surface area contributed by atoms with Gasteiger partial charge in [-0.25, -0.2) is 4.98 Å². The normalized spacial score (nSPS) is 18.0. The van der Waals surface area contributed by atoms with Crippen molar-refractivity contribution in [1.82, 2.24) is 19.9 Å². The summed E-state index contributed by atoms with van der Waals surface area (Å²) in [5.41, 5.74) is 2.92. The lowest BCUT2D eigenvalue weighted by Gasteiger charge is -2.34. The fraction of sp³-hybridized carbons (Fsp3) is 0.600. The zero-order chi connectivity index (χ0) is 14.1. The van der Waals surface area contributed by atoms with E-state index in [0.717, 1.165) is 42.7 Å². The molecule has 0 unspecified atom stereocenters. The molecule has 2 aromatic heterocycles. The van der Waals surface area contributed by atoms with Gasteiger partial charge in [0.05, 0.1) is 5.52 Å². The van der Waals surface area contributed by atoms with E-state index in [2.05, 4.69) is 33.7 Å². The van der Waals surface area contributed by atoms with Gasteiger partial charge in [0.15, 0.2) is 0 Å². The maximum absolute atomic E-state index is 6.10. The minimum atomic E-state index is 0.256. The van der Waals surface area contributed by atoms with Crippen LogP contribution >= 0.6 is 0 Å². The van der Waals surface area contributed by atoms with E-state index in [1.807, 2.05) is 13.0 Å². The Morgan fingerprint density at radius 2 is 2.05 bits per heavy atom. The SMILES string of the molecule is Cc1cc2ncnc(OC3CCN(C(C)C)CC3)c2[nH]1. The molecule has 1 fully saturated rings. The molecular weight excluding hydrogens is 252 g/mol. The fourth-order valence-electron chi connectivity index (χ4n) is 2.80. The van der Waals surface area contributed by atoms with Gasteiger partial charge in [-0.15, -0.1) is 0 Å². The number of nitrogens with one attached hydrogen (secondary N) is 1. The van der Waals surface area contributed by atoms with Crippen LogP contribution in [-0.2, 0) is 0 Å². The molecule has 0 bridgehead atoms. The summed E-state index contributed by atoms with van der Waals surface area (Å²) in [4.78, 5) is 14.3. The fourth-order valence-corrected chi connectivity index (χ4v) is 2.80. The molecule has 5 nitrogen and oxygen atoms in total. The third-order valence-corrected chi connectivity index (χ3v) is 4.00. The van der Waals surface area contributed by atoms with Crippen LogP contribution in [0.2, 0.25) is 0 Å². The van der Waals surface area contributed by atoms with E-state index >= 15 is 0 Å². The molecule has 0 atom stereocenters. The zero-order valence-corrected chi connectivity index (χ0v) is 12.4. The van der Waals surface area contributed by atoms with Gasteiger partial charge in [0.1, 0.15) is 17.9 Å². The van der Waals surface area contributed by atoms with Crippen LogP contribution < -0.4 is 4.74 Å². The number of H-pyrrole nitrogens is 1. The summed E-state index contributed by atoms with van der Waals surface area (Å²) in [6, 6.07) is 2.64. The topological polar surface area (TPSA) is 54.0 Å². The first-order valence-electron chi connectivity index (χ1n) is 7.34. The molecule has 0 amide bonds. The molecule has 1 aliphatic rings. The first-order valence-corrected chi connectivity index (χ1v) is 7.34. The largest absolute Gasteiger partial charge is 0.473 e. The highest BCUT2D eigenvalue weighted by molar-refractivity contribution is 5.80. The van der Waals surface area contributed by atoms with Gasteiger partial charge in [-0.2, -0.15) is 4.98 Å². The molecule has 1 saturated heterocycles. The molecule has 2 aromatic rings. The number of aryl methyl sites for hydroxylation is 1. The van der Waals surface area contributed by atoms with Crippen molar-refractivity contribution in [3.63, 3.8) is 0 Å². The number of hydrogen-bond donors (Lipinski definition) is 1. The van der Waals surface area contributed by atoms with Crippen molar-refractivity contribution in [2.75, 3.05) is 13.1 Å². The Hall–Kier alpha value is -1.62. The molecule has 3 rings (SSSR count). The van der Waals surface area contributed by atoms with Crippen LogP contribution in [0.3, 0.4) is 0 Å². The van der Waals surface area contributed by atoms with Gasteiger partial charge in [-0.3, -0.25) is 0 Å². The standard InChI is InChI=1S/C15H22N4O/c1-10(2)19-6-4-12(5-7-19)20-15-14-13(16-9-17-15)8-11(3)18-14/h8-10,12,18H,4-7H2,1-3H3. The number of aromatic amines is 1. The average Bonchev–Trinajstić information content (AvgIpc) is 2.81. The number of likely N-dealkylation sites (tertiary alicyclic amines) is 1. The van der Waals surface area contributed by atoms with Crippen LogP contribution in [0.15, 0.2) is 12.4 Å². The van der Waals surface area contributed by atoms with Crippen LogP contribution in [0.1, 0.15) is 32.4 Å². The van der Waals surface area contributed by atoms with Crippen LogP contribution in [0, 0.1) is 6.92 Å². The summed E-state index contributed by atoms with van der Waals surface area (Å²) in [6.07, 6.45) is 3.95. The van der Waals surface area contributed by atoms with Gasteiger partial charge in [0, 0.05) is 24.8 Å². The Kier molecular flexibility index (Phi) is 3.61. The van der Waals surface area contributed by atoms with Crippen molar-refractivity contribution >= 4 is 11.0 Å². The first kappa shape index (κ1) is 13.4. The maximum atomic E-state index is 6.10. The van der Waals surface area contributed by atoms with Crippen molar-refractivity contribution in [2.24, 2.45) is 0 Å². The van der Waals surface area contributed by atoms with Crippen LogP contribution in [0.25, 0.3) is 11.0 Å². The predicted molar refractivity (Wildman–Crippen MR) is 79.0 cm³/mol. The zero-order valence-electron chi connectivity index (χ0n) is 12.4. The summed E-state index contributed by atoms with van der Waals surface area (Å²) in [5.74, 6) is 0.686. The average molecular weight is 274 g/mol. The highest BCUT2D eigenvalue weighted by atomic mass is 16.5. The number of fused-ring (bicyclic) bond motifs is 1. The van der Waals surface area contributed by atoms with E-state index in [-0.39, 0.29) is 6.10 Å². The summed E-state index contributed by atoms with van der Waals surface area (Å²) in [7, 11) is 0. The summed E-state index contributed by atoms with van der Waals surface area (Å²) in [5, 5.41) is 0. The molecule has 3 heterocycles. The minimum absolute atomic E-state index is 0.256. The highest BCUT2D eigenvalue weighted by Gasteiger charge is 2.23. The van der Waals surface area contributed by atoms with Gasteiger partial charge in [0.2, 0.25) is 5.88 Å². The molecule has 0 saturated carbocycles. The molecule has 0 spiro atoms. The van der Waals surface area contributed by atoms with Crippen LogP contribution in [-0.4, -0.2) is 45.1 Å². The third kappa shape index (κ3) is 2.63. The number of piperidine rings is 1. The summed E-state index contributed by atoms with van der Waals surface area (Å²) < 4.78 is 6.10. The lowest BCUT2D eigenvalue weighted by atomic mass is 10.1. The number of ether oxygens (including phenoxy) is 1. The Bertz CT molecular complexity index is 585. The van der Waals surface area contributed by atoms with Gasteiger partial charge in [-0.05, 0) is 39.7 Å². The number of hydrogen-bond acceptors (Lipinski definition) is 4. The van der Waals surface area contributed by atoms with Crippen molar-refractivity contribution < 1.29 is 4.74 Å². The van der Waals surface area contributed by atoms with E-state index < -0.39 is 0 Å². The molecule has 5 heteroatoms. The second-order valence-corrected chi connectivity index (χ2v) is 5.84. The van der Waals surface area contributed by atoms with Gasteiger partial charge >= 0.3 is 0 Å². The minimum Gasteiger partial charge on any atom is -0.473 e. The van der Waals surface area contributed by atoms with E-state index in [1.165, 1.54) is 0 Å². The Morgan fingerprint density at radius 1 is 1.30 bits per heavy atom. The molecular formula is C15H22N4O. The molecule has 108 valence electrons. The van der Waals surface area contributed by atoms with Crippen LogP contribution in [0.4, 0.5) is 0 Å². The van der Waals surface area contributed by atoms with Crippen molar-refractivity contribution in [3.8, 4) is 5.88 Å². The molecule has 1 aliphatic heterocycles. The van der Waals surface area contributed by atoms with Gasteiger partial charge in [-0.1, -0.05) is 0 Å². The van der Waals surface area contributed by atoms with E-state index in [0.29, 0.717) is 11.9 Å². The van der Waals surface area contributed by atoms with Crippen molar-refractivity contribution in [2.45, 2.75) is 45.8 Å².